The van der Waals surface area contributed by atoms with Crippen LogP contribution in [0.3, 0.4) is 0 Å². The number of nitrogens with zero attached hydrogens (tertiary/aromatic N) is 2. The van der Waals surface area contributed by atoms with Crippen LogP contribution in [0.25, 0.3) is 0 Å². The average Bonchev–Trinajstić information content (AvgIpc) is 2.34. The molecular weight excluding hydrogens is 240 g/mol. The van der Waals surface area contributed by atoms with Crippen LogP contribution < -0.4 is 0 Å². The maximum absolute atomic E-state index is 10.6. The Morgan fingerprint density at radius 1 is 1.59 bits per heavy atom. The second kappa shape index (κ2) is 6.89. The summed E-state index contributed by atoms with van der Waals surface area (Å²) >= 11 is 1.56. The molecule has 1 rings (SSSR count). The lowest BCUT2D eigenvalue weighted by Crippen LogP contribution is -1.93. The third-order valence-electron chi connectivity index (χ3n) is 2.05. The number of ether oxygens (including phenoxy) is 1. The van der Waals surface area contributed by atoms with Gasteiger partial charge in [-0.15, -0.1) is 11.8 Å². The van der Waals surface area contributed by atoms with Gasteiger partial charge in [0.15, 0.2) is 0 Å². The van der Waals surface area contributed by atoms with Crippen LogP contribution in [0.2, 0.25) is 0 Å². The van der Waals surface area contributed by atoms with Gasteiger partial charge in [-0.25, -0.2) is 0 Å². The number of hydrogen-bond donors (Lipinski definition) is 0. The molecule has 17 heavy (non-hydrogen) atoms. The second-order valence-corrected chi connectivity index (χ2v) is 4.41. The topological polar surface area (TPSA) is 76.2 Å². The first-order valence-corrected chi connectivity index (χ1v) is 5.98. The highest BCUT2D eigenvalue weighted by Crippen LogP contribution is 2.25. The molecule has 0 bridgehead atoms. The smallest absolute Gasteiger partial charge is 0.287 e. The predicted molar refractivity (Wildman–Crippen MR) is 65.0 cm³/mol. The molecule has 0 radical (unpaired) electrons. The Morgan fingerprint density at radius 3 is 2.94 bits per heavy atom. The Kier molecular flexibility index (Phi) is 5.46. The van der Waals surface area contributed by atoms with Crippen molar-refractivity contribution in [3.63, 3.8) is 0 Å². The predicted octanol–water partition coefficient (Wildman–Crippen LogP) is 2.60. The van der Waals surface area contributed by atoms with Gasteiger partial charge in [-0.3, -0.25) is 10.1 Å². The monoisotopic (exact) mass is 252 g/mol. The number of rotatable bonds is 6. The number of thioether (sulfide) groups is 1. The minimum Gasteiger partial charge on any atom is -0.385 e. The normalized spacial score (nSPS) is 9.88. The van der Waals surface area contributed by atoms with E-state index in [-0.39, 0.29) is 11.3 Å². The molecule has 0 aliphatic rings. The molecule has 0 atom stereocenters. The molecule has 0 unspecified atom stereocenters. The molecule has 6 heteroatoms. The molecule has 0 aliphatic carbocycles. The average molecular weight is 252 g/mol. The molecule has 0 saturated carbocycles. The molecule has 0 fully saturated rings. The lowest BCUT2D eigenvalue weighted by atomic mass is 10.2. The van der Waals surface area contributed by atoms with Crippen LogP contribution in [0.1, 0.15) is 12.0 Å². The van der Waals surface area contributed by atoms with Crippen LogP contribution >= 0.6 is 11.8 Å². The molecule has 0 saturated heterocycles. The van der Waals surface area contributed by atoms with E-state index in [0.29, 0.717) is 6.61 Å². The van der Waals surface area contributed by atoms with Crippen molar-refractivity contribution in [2.75, 3.05) is 19.5 Å². The van der Waals surface area contributed by atoms with Gasteiger partial charge in [-0.2, -0.15) is 5.26 Å². The van der Waals surface area contributed by atoms with Gasteiger partial charge in [0.25, 0.3) is 5.69 Å². The molecule has 0 spiro atoms. The van der Waals surface area contributed by atoms with Gasteiger partial charge in [-0.05, 0) is 18.6 Å². The van der Waals surface area contributed by atoms with E-state index >= 15 is 0 Å². The van der Waals surface area contributed by atoms with Crippen molar-refractivity contribution in [3.05, 3.63) is 33.9 Å². The van der Waals surface area contributed by atoms with Crippen molar-refractivity contribution < 1.29 is 9.66 Å². The molecule has 0 aliphatic heterocycles. The van der Waals surface area contributed by atoms with Crippen molar-refractivity contribution in [1.29, 1.82) is 5.26 Å². The summed E-state index contributed by atoms with van der Waals surface area (Å²) in [5, 5.41) is 19.4. The van der Waals surface area contributed by atoms with Crippen LogP contribution in [-0.2, 0) is 4.74 Å². The number of nitro benzene ring substituents is 1. The van der Waals surface area contributed by atoms with Crippen LogP contribution in [-0.4, -0.2) is 24.4 Å². The quantitative estimate of drug-likeness (QED) is 0.336. The number of hydrogen-bond acceptors (Lipinski definition) is 5. The fourth-order valence-corrected chi connectivity index (χ4v) is 2.11. The maximum atomic E-state index is 10.6. The second-order valence-electron chi connectivity index (χ2n) is 3.24. The van der Waals surface area contributed by atoms with Gasteiger partial charge in [0, 0.05) is 30.4 Å². The molecule has 0 N–H and O–H groups in total. The Labute approximate surface area is 104 Å². The standard InChI is InChI=1S/C11H12N2O3S/c1-16-5-2-6-17-10-3-4-11(13(14)15)9(7-10)8-12/h3-4,7H,2,5-6H2,1H3. The van der Waals surface area contributed by atoms with Gasteiger partial charge < -0.3 is 4.74 Å². The summed E-state index contributed by atoms with van der Waals surface area (Å²) in [5.74, 6) is 0.858. The zero-order valence-corrected chi connectivity index (χ0v) is 10.2. The van der Waals surface area contributed by atoms with Gasteiger partial charge >= 0.3 is 0 Å². The minimum absolute atomic E-state index is 0.103. The van der Waals surface area contributed by atoms with Gasteiger partial charge in [-0.1, -0.05) is 0 Å². The molecule has 1 aromatic carbocycles. The highest BCUT2D eigenvalue weighted by atomic mass is 32.2. The van der Waals surface area contributed by atoms with Crippen LogP contribution in [0, 0.1) is 21.4 Å². The van der Waals surface area contributed by atoms with E-state index in [1.54, 1.807) is 31.0 Å². The number of benzene rings is 1. The first-order valence-electron chi connectivity index (χ1n) is 4.99. The Hall–Kier alpha value is -1.58. The fourth-order valence-electron chi connectivity index (χ4n) is 1.25. The lowest BCUT2D eigenvalue weighted by molar-refractivity contribution is -0.385. The Morgan fingerprint density at radius 2 is 2.35 bits per heavy atom. The highest BCUT2D eigenvalue weighted by Gasteiger charge is 2.13. The van der Waals surface area contributed by atoms with Crippen molar-refractivity contribution in [1.82, 2.24) is 0 Å². The minimum atomic E-state index is -0.544. The molecule has 0 amide bonds. The van der Waals surface area contributed by atoms with E-state index in [1.165, 1.54) is 6.07 Å². The fraction of sp³-hybridized carbons (Fsp3) is 0.364. The first kappa shape index (κ1) is 13.5. The first-order chi connectivity index (χ1) is 8.19. The van der Waals surface area contributed by atoms with E-state index in [9.17, 15) is 10.1 Å². The SMILES string of the molecule is COCCCSc1ccc([N+](=O)[O-])c(C#N)c1. The molecule has 0 heterocycles. The Balaban J connectivity index is 2.70. The third-order valence-corrected chi connectivity index (χ3v) is 3.13. The zero-order valence-electron chi connectivity index (χ0n) is 9.38. The van der Waals surface area contributed by atoms with Gasteiger partial charge in [0.05, 0.1) is 4.92 Å². The zero-order chi connectivity index (χ0) is 12.7. The van der Waals surface area contributed by atoms with E-state index in [2.05, 4.69) is 0 Å². The van der Waals surface area contributed by atoms with Crippen molar-refractivity contribution >= 4 is 17.4 Å². The van der Waals surface area contributed by atoms with Gasteiger partial charge in [0.2, 0.25) is 0 Å². The summed E-state index contributed by atoms with van der Waals surface area (Å²) < 4.78 is 4.92. The molecule has 1 aromatic rings. The summed E-state index contributed by atoms with van der Waals surface area (Å²) in [4.78, 5) is 10.9. The van der Waals surface area contributed by atoms with E-state index < -0.39 is 4.92 Å². The molecular formula is C11H12N2O3S. The van der Waals surface area contributed by atoms with Crippen molar-refractivity contribution in [3.8, 4) is 6.07 Å². The number of nitriles is 1. The highest BCUT2D eigenvalue weighted by molar-refractivity contribution is 7.99. The van der Waals surface area contributed by atoms with Crippen LogP contribution in [0.4, 0.5) is 5.69 Å². The largest absolute Gasteiger partial charge is 0.385 e. The summed E-state index contributed by atoms with van der Waals surface area (Å²) in [6.45, 7) is 0.686. The number of nitro groups is 1. The van der Waals surface area contributed by atoms with Crippen LogP contribution in [0.15, 0.2) is 23.1 Å². The summed E-state index contributed by atoms with van der Waals surface area (Å²) in [7, 11) is 1.64. The summed E-state index contributed by atoms with van der Waals surface area (Å²) in [5.41, 5.74) is -0.0412. The van der Waals surface area contributed by atoms with Crippen molar-refractivity contribution in [2.45, 2.75) is 11.3 Å². The third kappa shape index (κ3) is 4.06. The van der Waals surface area contributed by atoms with Gasteiger partial charge in [0.1, 0.15) is 11.6 Å². The summed E-state index contributed by atoms with van der Waals surface area (Å²) in [6, 6.07) is 6.43. The van der Waals surface area contributed by atoms with Crippen molar-refractivity contribution in [2.24, 2.45) is 0 Å². The molecule has 90 valence electrons. The molecule has 5 nitrogen and oxygen atoms in total. The number of methoxy groups -OCH3 is 1. The maximum Gasteiger partial charge on any atom is 0.287 e. The van der Waals surface area contributed by atoms with E-state index in [4.69, 9.17) is 10.00 Å². The Bertz CT molecular complexity index is 443. The molecule has 0 aromatic heterocycles. The van der Waals surface area contributed by atoms with E-state index in [0.717, 1.165) is 17.1 Å². The lowest BCUT2D eigenvalue weighted by Gasteiger charge is -2.02. The summed E-state index contributed by atoms with van der Waals surface area (Å²) in [6.07, 6.45) is 0.903. The van der Waals surface area contributed by atoms with E-state index in [1.807, 2.05) is 6.07 Å². The van der Waals surface area contributed by atoms with Crippen LogP contribution in [0.5, 0.6) is 0 Å².